The minimum atomic E-state index is 0.466. The van der Waals surface area contributed by atoms with Gasteiger partial charge in [-0.05, 0) is 24.4 Å². The predicted molar refractivity (Wildman–Crippen MR) is 72.5 cm³/mol. The van der Waals surface area contributed by atoms with E-state index < -0.39 is 0 Å². The van der Waals surface area contributed by atoms with Crippen molar-refractivity contribution in [1.82, 2.24) is 14.7 Å². The molecule has 4 nitrogen and oxygen atoms in total. The Morgan fingerprint density at radius 3 is 3.22 bits per heavy atom. The Morgan fingerprint density at radius 2 is 2.44 bits per heavy atom. The second kappa shape index (κ2) is 5.22. The van der Waals surface area contributed by atoms with Crippen molar-refractivity contribution in [2.24, 2.45) is 0 Å². The first-order chi connectivity index (χ1) is 8.83. The first-order valence-electron chi connectivity index (χ1n) is 6.22. The highest BCUT2D eigenvalue weighted by Gasteiger charge is 2.19. The highest BCUT2D eigenvalue weighted by Crippen LogP contribution is 2.22. The van der Waals surface area contributed by atoms with Gasteiger partial charge in [0.05, 0.1) is 24.8 Å². The fourth-order valence-corrected chi connectivity index (χ4v) is 2.84. The SMILES string of the molecule is C[C@H]1COCCN1Cn1ccc(-c2cccs2)n1. The molecular formula is C13H17N3OS. The third-order valence-corrected chi connectivity index (χ3v) is 4.14. The van der Waals surface area contributed by atoms with Crippen LogP contribution in [0, 0.1) is 0 Å². The van der Waals surface area contributed by atoms with Gasteiger partial charge in [-0.1, -0.05) is 6.07 Å². The molecule has 1 saturated heterocycles. The van der Waals surface area contributed by atoms with Gasteiger partial charge >= 0.3 is 0 Å². The Balaban J connectivity index is 1.70. The van der Waals surface area contributed by atoms with Crippen LogP contribution in [0.25, 0.3) is 10.6 Å². The van der Waals surface area contributed by atoms with Crippen molar-refractivity contribution in [3.63, 3.8) is 0 Å². The van der Waals surface area contributed by atoms with Crippen molar-refractivity contribution in [3.8, 4) is 10.6 Å². The summed E-state index contributed by atoms with van der Waals surface area (Å²) in [4.78, 5) is 3.62. The average molecular weight is 263 g/mol. The minimum Gasteiger partial charge on any atom is -0.379 e. The second-order valence-corrected chi connectivity index (χ2v) is 5.54. The zero-order valence-electron chi connectivity index (χ0n) is 10.5. The van der Waals surface area contributed by atoms with Crippen molar-refractivity contribution in [2.45, 2.75) is 19.6 Å². The monoisotopic (exact) mass is 263 g/mol. The molecule has 0 bridgehead atoms. The molecule has 5 heteroatoms. The molecule has 1 atom stereocenters. The van der Waals surface area contributed by atoms with Crippen molar-refractivity contribution >= 4 is 11.3 Å². The van der Waals surface area contributed by atoms with E-state index in [9.17, 15) is 0 Å². The summed E-state index contributed by atoms with van der Waals surface area (Å²) >= 11 is 1.73. The van der Waals surface area contributed by atoms with Crippen LogP contribution in [0.2, 0.25) is 0 Å². The van der Waals surface area contributed by atoms with E-state index >= 15 is 0 Å². The number of hydrogen-bond donors (Lipinski definition) is 0. The second-order valence-electron chi connectivity index (χ2n) is 4.60. The maximum absolute atomic E-state index is 5.44. The molecule has 1 aliphatic rings. The lowest BCUT2D eigenvalue weighted by molar-refractivity contribution is -0.0171. The lowest BCUT2D eigenvalue weighted by Crippen LogP contribution is -2.44. The summed E-state index contributed by atoms with van der Waals surface area (Å²) in [6, 6.07) is 6.71. The number of aromatic nitrogens is 2. The summed E-state index contributed by atoms with van der Waals surface area (Å²) in [6.45, 7) is 5.66. The van der Waals surface area contributed by atoms with E-state index in [1.807, 2.05) is 4.68 Å². The van der Waals surface area contributed by atoms with Crippen molar-refractivity contribution in [2.75, 3.05) is 19.8 Å². The maximum atomic E-state index is 5.44. The van der Waals surface area contributed by atoms with Gasteiger partial charge in [0.2, 0.25) is 0 Å². The normalized spacial score (nSPS) is 21.3. The molecule has 1 fully saturated rings. The summed E-state index contributed by atoms with van der Waals surface area (Å²) < 4.78 is 7.45. The van der Waals surface area contributed by atoms with Crippen molar-refractivity contribution in [1.29, 1.82) is 0 Å². The van der Waals surface area contributed by atoms with Gasteiger partial charge in [-0.25, -0.2) is 0 Å². The van der Waals surface area contributed by atoms with Crippen molar-refractivity contribution < 1.29 is 4.74 Å². The average Bonchev–Trinajstić information content (AvgIpc) is 3.02. The van der Waals surface area contributed by atoms with E-state index in [0.717, 1.165) is 32.1 Å². The van der Waals surface area contributed by atoms with Gasteiger partial charge < -0.3 is 4.74 Å². The molecule has 0 unspecified atom stereocenters. The van der Waals surface area contributed by atoms with E-state index in [2.05, 4.69) is 46.7 Å². The van der Waals surface area contributed by atoms with Gasteiger partial charge in [-0.15, -0.1) is 11.3 Å². The highest BCUT2D eigenvalue weighted by molar-refractivity contribution is 7.13. The van der Waals surface area contributed by atoms with Gasteiger partial charge in [0.25, 0.3) is 0 Å². The maximum Gasteiger partial charge on any atom is 0.102 e. The topological polar surface area (TPSA) is 30.3 Å². The van der Waals surface area contributed by atoms with E-state index in [1.165, 1.54) is 4.88 Å². The van der Waals surface area contributed by atoms with Gasteiger partial charge in [0, 0.05) is 18.8 Å². The molecule has 0 N–H and O–H groups in total. The fraction of sp³-hybridized carbons (Fsp3) is 0.462. The largest absolute Gasteiger partial charge is 0.379 e. The van der Waals surface area contributed by atoms with Crippen molar-refractivity contribution in [3.05, 3.63) is 29.8 Å². The smallest absolute Gasteiger partial charge is 0.102 e. The zero-order valence-corrected chi connectivity index (χ0v) is 11.3. The van der Waals surface area contributed by atoms with E-state index in [0.29, 0.717) is 6.04 Å². The fourth-order valence-electron chi connectivity index (χ4n) is 2.15. The quantitative estimate of drug-likeness (QED) is 0.851. The molecule has 2 aromatic heterocycles. The molecule has 0 spiro atoms. The van der Waals surface area contributed by atoms with E-state index in [4.69, 9.17) is 4.74 Å². The number of rotatable bonds is 3. The summed E-state index contributed by atoms with van der Waals surface area (Å²) in [5.41, 5.74) is 1.06. The Hall–Kier alpha value is -1.17. The third-order valence-electron chi connectivity index (χ3n) is 3.25. The van der Waals surface area contributed by atoms with Crippen LogP contribution in [0.4, 0.5) is 0 Å². The molecule has 1 aliphatic heterocycles. The Morgan fingerprint density at radius 1 is 1.50 bits per heavy atom. The lowest BCUT2D eigenvalue weighted by Gasteiger charge is -2.32. The number of hydrogen-bond acceptors (Lipinski definition) is 4. The minimum absolute atomic E-state index is 0.466. The summed E-state index contributed by atoms with van der Waals surface area (Å²) in [5, 5.41) is 6.71. The van der Waals surface area contributed by atoms with E-state index in [1.54, 1.807) is 11.3 Å². The van der Waals surface area contributed by atoms with Crippen LogP contribution in [0.5, 0.6) is 0 Å². The Labute approximate surface area is 111 Å². The molecule has 18 heavy (non-hydrogen) atoms. The lowest BCUT2D eigenvalue weighted by atomic mass is 10.3. The first-order valence-corrected chi connectivity index (χ1v) is 7.10. The first kappa shape index (κ1) is 11.9. The molecule has 0 saturated carbocycles. The summed E-state index contributed by atoms with van der Waals surface area (Å²) in [5.74, 6) is 0. The van der Waals surface area contributed by atoms with Gasteiger partial charge in [-0.3, -0.25) is 9.58 Å². The molecule has 96 valence electrons. The number of thiophene rings is 1. The van der Waals surface area contributed by atoms with Gasteiger partial charge in [0.15, 0.2) is 0 Å². The van der Waals surface area contributed by atoms with Crippen LogP contribution in [0.15, 0.2) is 29.8 Å². The van der Waals surface area contributed by atoms with E-state index in [-0.39, 0.29) is 0 Å². The van der Waals surface area contributed by atoms with Crippen LogP contribution in [0.3, 0.4) is 0 Å². The van der Waals surface area contributed by atoms with Gasteiger partial charge in [0.1, 0.15) is 5.69 Å². The molecule has 0 radical (unpaired) electrons. The Bertz CT molecular complexity index is 494. The van der Waals surface area contributed by atoms with Crippen LogP contribution >= 0.6 is 11.3 Å². The van der Waals surface area contributed by atoms with Crippen LogP contribution in [-0.2, 0) is 11.4 Å². The number of morpholine rings is 1. The molecule has 3 rings (SSSR count). The van der Waals surface area contributed by atoms with Crippen LogP contribution in [0.1, 0.15) is 6.92 Å². The number of ether oxygens (including phenoxy) is 1. The van der Waals surface area contributed by atoms with Crippen LogP contribution in [-0.4, -0.2) is 40.5 Å². The molecule has 2 aromatic rings. The molecular weight excluding hydrogens is 246 g/mol. The molecule has 0 amide bonds. The highest BCUT2D eigenvalue weighted by atomic mass is 32.1. The Kier molecular flexibility index (Phi) is 3.45. The number of nitrogens with zero attached hydrogens (tertiary/aromatic N) is 3. The van der Waals surface area contributed by atoms with Gasteiger partial charge in [-0.2, -0.15) is 5.10 Å². The molecule has 0 aliphatic carbocycles. The predicted octanol–water partition coefficient (Wildman–Crippen LogP) is 2.29. The van der Waals surface area contributed by atoms with Crippen LogP contribution < -0.4 is 0 Å². The standard InChI is InChI=1S/C13H17N3OS/c1-11-9-17-7-6-15(11)10-16-5-4-12(14-16)13-3-2-8-18-13/h2-5,8,11H,6-7,9-10H2,1H3/t11-/m0/s1. The molecule has 3 heterocycles. The summed E-state index contributed by atoms with van der Waals surface area (Å²) in [7, 11) is 0. The zero-order chi connectivity index (χ0) is 12.4. The summed E-state index contributed by atoms with van der Waals surface area (Å²) in [6.07, 6.45) is 2.05. The third kappa shape index (κ3) is 2.48. The molecule has 0 aromatic carbocycles.